The van der Waals surface area contributed by atoms with Crippen LogP contribution in [-0.4, -0.2) is 12.6 Å². The lowest BCUT2D eigenvalue weighted by atomic mass is 10.1. The normalized spacial score (nSPS) is 14.4. The van der Waals surface area contributed by atoms with Crippen LogP contribution in [0.15, 0.2) is 23.9 Å². The van der Waals surface area contributed by atoms with E-state index in [-0.39, 0.29) is 5.97 Å². The number of nitrogens with two attached hydrogens (primary N) is 1. The highest BCUT2D eigenvalue weighted by Crippen LogP contribution is 2.08. The van der Waals surface area contributed by atoms with Crippen molar-refractivity contribution in [1.29, 1.82) is 0 Å². The maximum Gasteiger partial charge on any atom is 0.332 e. The van der Waals surface area contributed by atoms with E-state index in [0.717, 1.165) is 0 Å². The van der Waals surface area contributed by atoms with Gasteiger partial charge in [-0.25, -0.2) is 4.79 Å². The fourth-order valence-corrected chi connectivity index (χ4v) is 1.16. The van der Waals surface area contributed by atoms with Crippen molar-refractivity contribution in [2.45, 2.75) is 27.2 Å². The lowest BCUT2D eigenvalue weighted by Crippen LogP contribution is -2.08. The van der Waals surface area contributed by atoms with Crippen LogP contribution in [0.5, 0.6) is 0 Å². The van der Waals surface area contributed by atoms with E-state index < -0.39 is 0 Å². The number of carbonyl (C=O) groups is 1. The highest BCUT2D eigenvalue weighted by atomic mass is 16.5. The van der Waals surface area contributed by atoms with Crippen LogP contribution < -0.4 is 5.73 Å². The number of hydrogen-bond donors (Lipinski definition) is 1. The molecule has 0 aromatic carbocycles. The first-order valence-corrected chi connectivity index (χ1v) is 4.85. The highest BCUT2D eigenvalue weighted by Gasteiger charge is 2.02. The molecule has 0 aromatic rings. The van der Waals surface area contributed by atoms with Crippen LogP contribution in [0.3, 0.4) is 0 Å². The Labute approximate surface area is 85.6 Å². The van der Waals surface area contributed by atoms with Crippen LogP contribution in [0.25, 0.3) is 0 Å². The van der Waals surface area contributed by atoms with Gasteiger partial charge in [-0.2, -0.15) is 0 Å². The van der Waals surface area contributed by atoms with Crippen LogP contribution in [0.2, 0.25) is 0 Å². The van der Waals surface area contributed by atoms with E-state index in [9.17, 15) is 4.79 Å². The van der Waals surface area contributed by atoms with E-state index in [1.807, 2.05) is 26.0 Å². The summed E-state index contributed by atoms with van der Waals surface area (Å²) in [5.74, 6) is -0.0108. The van der Waals surface area contributed by atoms with Gasteiger partial charge >= 0.3 is 5.97 Å². The van der Waals surface area contributed by atoms with Crippen molar-refractivity contribution in [3.63, 3.8) is 0 Å². The third kappa shape index (κ3) is 6.29. The van der Waals surface area contributed by atoms with Crippen LogP contribution in [0.4, 0.5) is 0 Å². The van der Waals surface area contributed by atoms with Crippen molar-refractivity contribution in [3.8, 4) is 0 Å². The molecule has 0 amide bonds. The molecule has 0 aliphatic carbocycles. The van der Waals surface area contributed by atoms with Gasteiger partial charge in [0.05, 0.1) is 6.61 Å². The van der Waals surface area contributed by atoms with Crippen LogP contribution in [0, 0.1) is 5.92 Å². The van der Waals surface area contributed by atoms with Crippen LogP contribution in [0.1, 0.15) is 27.2 Å². The summed E-state index contributed by atoms with van der Waals surface area (Å²) in [5.41, 5.74) is 6.23. The second kappa shape index (κ2) is 7.18. The van der Waals surface area contributed by atoms with Crippen molar-refractivity contribution in [1.82, 2.24) is 0 Å². The van der Waals surface area contributed by atoms with Crippen molar-refractivity contribution in [3.05, 3.63) is 23.9 Å². The summed E-state index contributed by atoms with van der Waals surface area (Å²) in [6, 6.07) is 0. The molecule has 0 radical (unpaired) electrons. The average molecular weight is 197 g/mol. The van der Waals surface area contributed by atoms with E-state index in [0.29, 0.717) is 24.6 Å². The van der Waals surface area contributed by atoms with E-state index in [1.54, 1.807) is 6.92 Å². The molecule has 2 N–H and O–H groups in total. The molecule has 0 aliphatic rings. The Morgan fingerprint density at radius 2 is 2.21 bits per heavy atom. The fourth-order valence-electron chi connectivity index (χ4n) is 1.16. The molecule has 1 atom stereocenters. The Morgan fingerprint density at radius 1 is 1.57 bits per heavy atom. The zero-order valence-electron chi connectivity index (χ0n) is 9.12. The Hall–Kier alpha value is -1.25. The molecule has 0 saturated carbocycles. The number of esters is 1. The monoisotopic (exact) mass is 197 g/mol. The van der Waals surface area contributed by atoms with Crippen molar-refractivity contribution in [2.24, 2.45) is 11.7 Å². The summed E-state index contributed by atoms with van der Waals surface area (Å²) in [7, 11) is 0. The van der Waals surface area contributed by atoms with Crippen LogP contribution in [-0.2, 0) is 9.53 Å². The zero-order valence-corrected chi connectivity index (χ0v) is 9.12. The number of ether oxygens (including phenoxy) is 1. The second-order valence-electron chi connectivity index (χ2n) is 3.18. The van der Waals surface area contributed by atoms with Gasteiger partial charge in [-0.3, -0.25) is 0 Å². The number of hydrogen-bond acceptors (Lipinski definition) is 3. The standard InChI is InChI=1S/C11H19NO2/c1-4-6-9(3)7-10(12)8-11(13)14-5-2/h4,6,8-9H,5,7,12H2,1-3H3/b6-4+,10-8-. The van der Waals surface area contributed by atoms with E-state index in [4.69, 9.17) is 10.5 Å². The molecule has 3 nitrogen and oxygen atoms in total. The van der Waals surface area contributed by atoms with Gasteiger partial charge < -0.3 is 10.5 Å². The molecule has 80 valence electrons. The van der Waals surface area contributed by atoms with E-state index in [1.165, 1.54) is 6.08 Å². The molecule has 0 aliphatic heterocycles. The summed E-state index contributed by atoms with van der Waals surface area (Å²) in [4.78, 5) is 11.0. The lowest BCUT2D eigenvalue weighted by Gasteiger charge is -2.05. The minimum absolute atomic E-state index is 0.352. The molecule has 0 bridgehead atoms. The number of allylic oxidation sites excluding steroid dienone is 3. The Balaban J connectivity index is 4.05. The first-order valence-electron chi connectivity index (χ1n) is 4.85. The van der Waals surface area contributed by atoms with Crippen molar-refractivity contribution in [2.75, 3.05) is 6.61 Å². The first-order chi connectivity index (χ1) is 6.60. The average Bonchev–Trinajstić information content (AvgIpc) is 2.03. The maximum absolute atomic E-state index is 11.0. The second-order valence-corrected chi connectivity index (χ2v) is 3.18. The molecule has 3 heteroatoms. The summed E-state index contributed by atoms with van der Waals surface area (Å²) < 4.78 is 4.74. The summed E-state index contributed by atoms with van der Waals surface area (Å²) in [5, 5.41) is 0. The molecule has 0 spiro atoms. The van der Waals surface area contributed by atoms with Gasteiger partial charge in [0.25, 0.3) is 0 Å². The molecular weight excluding hydrogens is 178 g/mol. The van der Waals surface area contributed by atoms with Crippen LogP contribution >= 0.6 is 0 Å². The van der Waals surface area contributed by atoms with Gasteiger partial charge in [0.15, 0.2) is 0 Å². The smallest absolute Gasteiger partial charge is 0.332 e. The predicted octanol–water partition coefficient (Wildman–Crippen LogP) is 1.99. The van der Waals surface area contributed by atoms with Crippen molar-refractivity contribution >= 4 is 5.97 Å². The predicted molar refractivity (Wildman–Crippen MR) is 57.5 cm³/mol. The van der Waals surface area contributed by atoms with Gasteiger partial charge in [0.2, 0.25) is 0 Å². The Kier molecular flexibility index (Phi) is 6.54. The molecule has 1 unspecified atom stereocenters. The zero-order chi connectivity index (χ0) is 11.0. The molecule has 0 fully saturated rings. The minimum Gasteiger partial charge on any atom is -0.463 e. The maximum atomic E-state index is 11.0. The third-order valence-corrected chi connectivity index (χ3v) is 1.67. The van der Waals surface area contributed by atoms with Gasteiger partial charge in [0, 0.05) is 11.8 Å². The largest absolute Gasteiger partial charge is 0.463 e. The molecule has 0 aromatic heterocycles. The molecule has 14 heavy (non-hydrogen) atoms. The summed E-state index contributed by atoms with van der Waals surface area (Å²) in [6.45, 7) is 6.16. The molecule has 0 rings (SSSR count). The summed E-state index contributed by atoms with van der Waals surface area (Å²) in [6.07, 6.45) is 6.06. The third-order valence-electron chi connectivity index (χ3n) is 1.67. The topological polar surface area (TPSA) is 52.3 Å². The van der Waals surface area contributed by atoms with Gasteiger partial charge in [-0.15, -0.1) is 0 Å². The lowest BCUT2D eigenvalue weighted by molar-refractivity contribution is -0.137. The number of carbonyl (C=O) groups excluding carboxylic acids is 1. The Morgan fingerprint density at radius 3 is 2.71 bits per heavy atom. The SMILES string of the molecule is C/C=C/C(C)C/C(N)=C/C(=O)OCC. The quantitative estimate of drug-likeness (QED) is 0.416. The number of rotatable bonds is 5. The highest BCUT2D eigenvalue weighted by molar-refractivity contribution is 5.82. The van der Waals surface area contributed by atoms with Gasteiger partial charge in [-0.05, 0) is 26.2 Å². The van der Waals surface area contributed by atoms with Crippen molar-refractivity contribution < 1.29 is 9.53 Å². The molecule has 0 heterocycles. The van der Waals surface area contributed by atoms with E-state index in [2.05, 4.69) is 0 Å². The Bertz CT molecular complexity index is 231. The minimum atomic E-state index is -0.363. The van der Waals surface area contributed by atoms with Gasteiger partial charge in [0.1, 0.15) is 0 Å². The van der Waals surface area contributed by atoms with E-state index >= 15 is 0 Å². The van der Waals surface area contributed by atoms with Gasteiger partial charge in [-0.1, -0.05) is 19.1 Å². The summed E-state index contributed by atoms with van der Waals surface area (Å²) >= 11 is 0. The molecular formula is C11H19NO2. The molecule has 0 saturated heterocycles. The first kappa shape index (κ1) is 12.8. The fraction of sp³-hybridized carbons (Fsp3) is 0.545.